The van der Waals surface area contributed by atoms with E-state index in [0.29, 0.717) is 17.6 Å². The topological polar surface area (TPSA) is 80.0 Å². The Morgan fingerprint density at radius 3 is 2.84 bits per heavy atom. The predicted molar refractivity (Wildman–Crippen MR) is 85.2 cm³/mol. The van der Waals surface area contributed by atoms with Crippen molar-refractivity contribution in [3.8, 4) is 0 Å². The van der Waals surface area contributed by atoms with Gasteiger partial charge in [0.25, 0.3) is 0 Å². The van der Waals surface area contributed by atoms with Gasteiger partial charge in [-0.05, 0) is 49.7 Å². The van der Waals surface area contributed by atoms with Crippen molar-refractivity contribution in [3.63, 3.8) is 0 Å². The summed E-state index contributed by atoms with van der Waals surface area (Å²) in [6.07, 6.45) is 2.07. The quantitative estimate of drug-likeness (QED) is 0.759. The number of urea groups is 1. The van der Waals surface area contributed by atoms with Crippen molar-refractivity contribution in [2.24, 2.45) is 0 Å². The molecule has 0 radical (unpaired) electrons. The zero-order valence-electron chi connectivity index (χ0n) is 13.1. The Morgan fingerprint density at radius 2 is 2.16 bits per heavy atom. The van der Waals surface area contributed by atoms with Gasteiger partial charge < -0.3 is 15.2 Å². The van der Waals surface area contributed by atoms with E-state index in [0.717, 1.165) is 12.8 Å². The second-order valence-corrected chi connectivity index (χ2v) is 6.80. The van der Waals surface area contributed by atoms with Gasteiger partial charge in [-0.25, -0.2) is 4.79 Å². The molecule has 1 saturated carbocycles. The fourth-order valence-electron chi connectivity index (χ4n) is 2.13. The molecule has 0 bridgehead atoms. The summed E-state index contributed by atoms with van der Waals surface area (Å²) in [7, 11) is 0. The lowest BCUT2D eigenvalue weighted by atomic mass is 10.3. The summed E-state index contributed by atoms with van der Waals surface area (Å²) in [5.74, 6) is 1.27. The number of rotatable bonds is 5. The molecule has 1 atom stereocenters. The highest BCUT2D eigenvalue weighted by Crippen LogP contribution is 2.38. The molecule has 25 heavy (non-hydrogen) atoms. The van der Waals surface area contributed by atoms with Gasteiger partial charge in [-0.1, -0.05) is 11.2 Å². The van der Waals surface area contributed by atoms with E-state index in [4.69, 9.17) is 4.52 Å². The van der Waals surface area contributed by atoms with E-state index in [-0.39, 0.29) is 22.3 Å². The molecule has 0 unspecified atom stereocenters. The maximum atomic E-state index is 12.4. The second-order valence-electron chi connectivity index (χ2n) is 5.66. The number of hydrogen-bond donors (Lipinski definition) is 2. The van der Waals surface area contributed by atoms with Gasteiger partial charge in [-0.2, -0.15) is 18.2 Å². The molecule has 2 amide bonds. The van der Waals surface area contributed by atoms with Crippen LogP contribution in [0.5, 0.6) is 0 Å². The number of halogens is 3. The van der Waals surface area contributed by atoms with Crippen LogP contribution >= 0.6 is 11.8 Å². The SMILES string of the molecule is C[C@@H](NC(=O)Nc1cccc(SC(F)(F)F)c1)c1nc(C2CC2)no1. The van der Waals surface area contributed by atoms with E-state index in [1.165, 1.54) is 24.3 Å². The summed E-state index contributed by atoms with van der Waals surface area (Å²) >= 11 is -0.241. The van der Waals surface area contributed by atoms with Gasteiger partial charge in [-0.3, -0.25) is 0 Å². The Bertz CT molecular complexity index is 761. The zero-order valence-corrected chi connectivity index (χ0v) is 13.9. The monoisotopic (exact) mass is 372 g/mol. The first kappa shape index (κ1) is 17.6. The van der Waals surface area contributed by atoms with E-state index in [1.54, 1.807) is 6.92 Å². The summed E-state index contributed by atoms with van der Waals surface area (Å²) in [5.41, 5.74) is -4.13. The Balaban J connectivity index is 1.57. The van der Waals surface area contributed by atoms with E-state index in [1.807, 2.05) is 0 Å². The maximum Gasteiger partial charge on any atom is 0.446 e. The van der Waals surface area contributed by atoms with E-state index >= 15 is 0 Å². The molecule has 1 aliphatic carbocycles. The molecule has 1 aromatic heterocycles. The van der Waals surface area contributed by atoms with Crippen LogP contribution in [-0.2, 0) is 0 Å². The molecule has 0 saturated heterocycles. The molecule has 134 valence electrons. The molecular weight excluding hydrogens is 357 g/mol. The molecule has 0 aliphatic heterocycles. The number of alkyl halides is 3. The van der Waals surface area contributed by atoms with Crippen molar-refractivity contribution in [2.75, 3.05) is 5.32 Å². The van der Waals surface area contributed by atoms with E-state index in [2.05, 4.69) is 20.8 Å². The fraction of sp³-hybridized carbons (Fsp3) is 0.400. The highest BCUT2D eigenvalue weighted by atomic mass is 32.2. The Morgan fingerprint density at radius 1 is 1.40 bits per heavy atom. The van der Waals surface area contributed by atoms with Crippen molar-refractivity contribution < 1.29 is 22.5 Å². The molecular formula is C15H15F3N4O2S. The summed E-state index contributed by atoms with van der Waals surface area (Å²) in [5, 5.41) is 8.97. The number of carbonyl (C=O) groups excluding carboxylic acids is 1. The molecule has 1 aromatic carbocycles. The summed E-state index contributed by atoms with van der Waals surface area (Å²) in [6, 6.07) is 4.41. The Kier molecular flexibility index (Phi) is 4.89. The number of thioether (sulfide) groups is 1. The standard InChI is InChI=1S/C15H15F3N4O2S/c1-8(13-21-12(22-24-13)9-5-6-9)19-14(23)20-10-3-2-4-11(7-10)25-15(16,17)18/h2-4,7-9H,5-6H2,1H3,(H2,19,20,23)/t8-/m1/s1. The van der Waals surface area contributed by atoms with Crippen LogP contribution in [0.25, 0.3) is 0 Å². The van der Waals surface area contributed by atoms with Crippen molar-refractivity contribution in [1.82, 2.24) is 15.5 Å². The van der Waals surface area contributed by atoms with Crippen LogP contribution in [0, 0.1) is 0 Å². The Hall–Kier alpha value is -2.23. The van der Waals surface area contributed by atoms with Gasteiger partial charge in [0.05, 0.1) is 0 Å². The fourth-order valence-corrected chi connectivity index (χ4v) is 2.73. The normalized spacial score (nSPS) is 15.7. The average Bonchev–Trinajstić information content (AvgIpc) is 3.22. The first-order valence-corrected chi connectivity index (χ1v) is 8.38. The number of anilines is 1. The minimum atomic E-state index is -4.38. The number of carbonyl (C=O) groups is 1. The first-order chi connectivity index (χ1) is 11.8. The van der Waals surface area contributed by atoms with Crippen LogP contribution in [0.1, 0.15) is 43.4 Å². The second kappa shape index (κ2) is 6.95. The van der Waals surface area contributed by atoms with E-state index in [9.17, 15) is 18.0 Å². The van der Waals surface area contributed by atoms with Gasteiger partial charge in [-0.15, -0.1) is 0 Å². The number of nitrogens with zero attached hydrogens (tertiary/aromatic N) is 2. The van der Waals surface area contributed by atoms with E-state index < -0.39 is 17.6 Å². The third-order valence-corrected chi connectivity index (χ3v) is 4.16. The van der Waals surface area contributed by atoms with Crippen LogP contribution in [0.2, 0.25) is 0 Å². The number of amides is 2. The molecule has 10 heteroatoms. The van der Waals surface area contributed by atoms with Gasteiger partial charge >= 0.3 is 11.5 Å². The number of benzene rings is 1. The van der Waals surface area contributed by atoms with Crippen LogP contribution in [-0.4, -0.2) is 21.7 Å². The molecule has 2 aromatic rings. The lowest BCUT2D eigenvalue weighted by Crippen LogP contribution is -2.31. The largest absolute Gasteiger partial charge is 0.446 e. The molecule has 6 nitrogen and oxygen atoms in total. The average molecular weight is 372 g/mol. The van der Waals surface area contributed by atoms with Crippen LogP contribution in [0.15, 0.2) is 33.7 Å². The van der Waals surface area contributed by atoms with Crippen LogP contribution in [0.4, 0.5) is 23.7 Å². The number of nitrogens with one attached hydrogen (secondary N) is 2. The van der Waals surface area contributed by atoms with Crippen molar-refractivity contribution in [3.05, 3.63) is 36.0 Å². The van der Waals surface area contributed by atoms with Crippen LogP contribution in [0.3, 0.4) is 0 Å². The van der Waals surface area contributed by atoms with Gasteiger partial charge in [0.2, 0.25) is 5.89 Å². The molecule has 1 heterocycles. The lowest BCUT2D eigenvalue weighted by Gasteiger charge is -2.12. The number of hydrogen-bond acceptors (Lipinski definition) is 5. The minimum Gasteiger partial charge on any atom is -0.337 e. The van der Waals surface area contributed by atoms with Gasteiger partial charge in [0, 0.05) is 16.5 Å². The zero-order chi connectivity index (χ0) is 18.0. The predicted octanol–water partition coefficient (Wildman–Crippen LogP) is 4.44. The first-order valence-electron chi connectivity index (χ1n) is 7.57. The molecule has 1 aliphatic rings. The number of aromatic nitrogens is 2. The molecule has 1 fully saturated rings. The molecule has 2 N–H and O–H groups in total. The maximum absolute atomic E-state index is 12.4. The van der Waals surface area contributed by atoms with Gasteiger partial charge in [0.1, 0.15) is 6.04 Å². The third-order valence-electron chi connectivity index (χ3n) is 3.44. The molecule has 0 spiro atoms. The van der Waals surface area contributed by atoms with Crippen molar-refractivity contribution >= 4 is 23.5 Å². The van der Waals surface area contributed by atoms with Crippen molar-refractivity contribution in [1.29, 1.82) is 0 Å². The molecule has 3 rings (SSSR count). The highest BCUT2D eigenvalue weighted by Gasteiger charge is 2.30. The van der Waals surface area contributed by atoms with Crippen molar-refractivity contribution in [2.45, 2.75) is 42.1 Å². The van der Waals surface area contributed by atoms with Gasteiger partial charge in [0.15, 0.2) is 5.82 Å². The smallest absolute Gasteiger partial charge is 0.337 e. The Labute approximate surface area is 145 Å². The third kappa shape index (κ3) is 5.12. The summed E-state index contributed by atoms with van der Waals surface area (Å²) in [6.45, 7) is 1.68. The highest BCUT2D eigenvalue weighted by molar-refractivity contribution is 8.00. The lowest BCUT2D eigenvalue weighted by molar-refractivity contribution is -0.0328. The minimum absolute atomic E-state index is 0.00988. The van der Waals surface area contributed by atoms with Crippen LogP contribution < -0.4 is 10.6 Å². The summed E-state index contributed by atoms with van der Waals surface area (Å²) in [4.78, 5) is 16.2. The summed E-state index contributed by atoms with van der Waals surface area (Å²) < 4.78 is 42.3.